The molecule has 0 aliphatic rings. The van der Waals surface area contributed by atoms with E-state index in [0.29, 0.717) is 16.9 Å². The molecule has 0 saturated carbocycles. The Morgan fingerprint density at radius 3 is 3.00 bits per heavy atom. The number of aromatic amines is 1. The Kier molecular flexibility index (Phi) is 3.28. The number of rotatable bonds is 3. The van der Waals surface area contributed by atoms with Crippen LogP contribution in [0.25, 0.3) is 28.0 Å². The van der Waals surface area contributed by atoms with Crippen molar-refractivity contribution >= 4 is 11.2 Å². The summed E-state index contributed by atoms with van der Waals surface area (Å²) >= 11 is 0. The van der Waals surface area contributed by atoms with Crippen molar-refractivity contribution in [3.8, 4) is 22.9 Å². The third-order valence-electron chi connectivity index (χ3n) is 3.76. The Morgan fingerprint density at radius 2 is 2.17 bits per heavy atom. The lowest BCUT2D eigenvalue weighted by atomic mass is 10.1. The summed E-state index contributed by atoms with van der Waals surface area (Å²) in [6.07, 6.45) is 6.85. The SMILES string of the molecule is N#CCc1ccc(-n2cc(-c3ccnc4nc[nH]c34)cn2)c(F)c1. The van der Waals surface area contributed by atoms with E-state index in [-0.39, 0.29) is 6.42 Å². The van der Waals surface area contributed by atoms with Gasteiger partial charge in [0.1, 0.15) is 11.5 Å². The summed E-state index contributed by atoms with van der Waals surface area (Å²) in [5.74, 6) is -0.418. The minimum atomic E-state index is -0.418. The van der Waals surface area contributed by atoms with Crippen molar-refractivity contribution in [3.63, 3.8) is 0 Å². The minimum absolute atomic E-state index is 0.177. The fraction of sp³-hybridized carbons (Fsp3) is 0.0588. The molecule has 0 bridgehead atoms. The summed E-state index contributed by atoms with van der Waals surface area (Å²) in [5.41, 5.74) is 4.11. The molecule has 116 valence electrons. The number of H-pyrrole nitrogens is 1. The third kappa shape index (κ3) is 2.30. The average molecular weight is 318 g/mol. The number of benzene rings is 1. The standard InChI is InChI=1S/C17H11FN6/c18-14-7-11(3-5-19)1-2-15(14)24-9-12(8-23-24)13-4-6-20-17-16(13)21-10-22-17/h1-2,4,6-10H,3H2,(H,20,21,22). The first kappa shape index (κ1) is 14.1. The minimum Gasteiger partial charge on any atom is -0.343 e. The third-order valence-corrected chi connectivity index (χ3v) is 3.76. The van der Waals surface area contributed by atoms with Gasteiger partial charge in [-0.25, -0.2) is 19.0 Å². The van der Waals surface area contributed by atoms with E-state index in [2.05, 4.69) is 20.1 Å². The maximum Gasteiger partial charge on any atom is 0.178 e. The van der Waals surface area contributed by atoms with E-state index >= 15 is 0 Å². The van der Waals surface area contributed by atoms with Crippen molar-refractivity contribution in [3.05, 3.63) is 60.6 Å². The number of imidazole rings is 1. The van der Waals surface area contributed by atoms with Crippen LogP contribution >= 0.6 is 0 Å². The molecule has 4 aromatic rings. The second-order valence-electron chi connectivity index (χ2n) is 5.25. The predicted molar refractivity (Wildman–Crippen MR) is 85.7 cm³/mol. The van der Waals surface area contributed by atoms with Gasteiger partial charge in [0, 0.05) is 23.5 Å². The molecule has 0 spiro atoms. The summed E-state index contributed by atoms with van der Waals surface area (Å²) in [4.78, 5) is 11.4. The summed E-state index contributed by atoms with van der Waals surface area (Å²) < 4.78 is 15.8. The molecule has 7 heteroatoms. The van der Waals surface area contributed by atoms with Gasteiger partial charge in [-0.1, -0.05) is 6.07 Å². The van der Waals surface area contributed by atoms with Crippen LogP contribution in [0.15, 0.2) is 49.2 Å². The van der Waals surface area contributed by atoms with E-state index in [1.54, 1.807) is 37.1 Å². The van der Waals surface area contributed by atoms with Gasteiger partial charge in [-0.15, -0.1) is 0 Å². The molecule has 1 N–H and O–H groups in total. The van der Waals surface area contributed by atoms with Gasteiger partial charge in [0.25, 0.3) is 0 Å². The van der Waals surface area contributed by atoms with Crippen molar-refractivity contribution in [2.24, 2.45) is 0 Å². The monoisotopic (exact) mass is 318 g/mol. The molecule has 0 radical (unpaired) electrons. The molecule has 0 amide bonds. The van der Waals surface area contributed by atoms with Gasteiger partial charge in [0.15, 0.2) is 5.65 Å². The molecule has 4 rings (SSSR count). The number of halogens is 1. The maximum atomic E-state index is 14.3. The highest BCUT2D eigenvalue weighted by Crippen LogP contribution is 2.26. The van der Waals surface area contributed by atoms with Crippen LogP contribution in [0.5, 0.6) is 0 Å². The molecule has 0 aliphatic heterocycles. The van der Waals surface area contributed by atoms with Crippen LogP contribution in [0.4, 0.5) is 4.39 Å². The highest BCUT2D eigenvalue weighted by Gasteiger charge is 2.11. The van der Waals surface area contributed by atoms with Crippen LogP contribution in [0.3, 0.4) is 0 Å². The first-order valence-electron chi connectivity index (χ1n) is 7.25. The lowest BCUT2D eigenvalue weighted by molar-refractivity contribution is 0.609. The lowest BCUT2D eigenvalue weighted by Gasteiger charge is -2.04. The molecule has 24 heavy (non-hydrogen) atoms. The second-order valence-corrected chi connectivity index (χ2v) is 5.25. The van der Waals surface area contributed by atoms with Crippen LogP contribution in [0, 0.1) is 17.1 Å². The van der Waals surface area contributed by atoms with Crippen molar-refractivity contribution in [2.75, 3.05) is 0 Å². The molecule has 0 fully saturated rings. The lowest BCUT2D eigenvalue weighted by Crippen LogP contribution is -1.99. The molecule has 0 atom stereocenters. The van der Waals surface area contributed by atoms with E-state index < -0.39 is 5.82 Å². The predicted octanol–water partition coefficient (Wildman–Crippen LogP) is 3.02. The second kappa shape index (κ2) is 5.59. The zero-order valence-electron chi connectivity index (χ0n) is 12.4. The first-order valence-corrected chi connectivity index (χ1v) is 7.25. The number of fused-ring (bicyclic) bond motifs is 1. The van der Waals surface area contributed by atoms with Gasteiger partial charge >= 0.3 is 0 Å². The van der Waals surface area contributed by atoms with Crippen molar-refractivity contribution in [2.45, 2.75) is 6.42 Å². The van der Waals surface area contributed by atoms with E-state index in [1.807, 2.05) is 12.1 Å². The van der Waals surface area contributed by atoms with Crippen LogP contribution in [-0.2, 0) is 6.42 Å². The Balaban J connectivity index is 1.76. The zero-order chi connectivity index (χ0) is 16.5. The van der Waals surface area contributed by atoms with Gasteiger partial charge in [-0.3, -0.25) is 0 Å². The maximum absolute atomic E-state index is 14.3. The van der Waals surface area contributed by atoms with Crippen molar-refractivity contribution in [1.82, 2.24) is 24.7 Å². The molecular weight excluding hydrogens is 307 g/mol. The molecule has 1 aromatic carbocycles. The van der Waals surface area contributed by atoms with Gasteiger partial charge in [0.05, 0.1) is 30.5 Å². The number of pyridine rings is 1. The quantitative estimate of drug-likeness (QED) is 0.629. The molecule has 0 aliphatic carbocycles. The first-order chi connectivity index (χ1) is 11.8. The average Bonchev–Trinajstić information content (AvgIpc) is 3.24. The van der Waals surface area contributed by atoms with Gasteiger partial charge in [-0.2, -0.15) is 10.4 Å². The number of aromatic nitrogens is 5. The Hall–Kier alpha value is -3.53. The van der Waals surface area contributed by atoms with Crippen LogP contribution < -0.4 is 0 Å². The van der Waals surface area contributed by atoms with E-state index in [9.17, 15) is 4.39 Å². The summed E-state index contributed by atoms with van der Waals surface area (Å²) in [6, 6.07) is 8.57. The van der Waals surface area contributed by atoms with Crippen LogP contribution in [0.1, 0.15) is 5.56 Å². The van der Waals surface area contributed by atoms with Crippen LogP contribution in [-0.4, -0.2) is 24.7 Å². The topological polar surface area (TPSA) is 83.2 Å². The fourth-order valence-electron chi connectivity index (χ4n) is 2.62. The molecule has 6 nitrogen and oxygen atoms in total. The van der Waals surface area contributed by atoms with Crippen molar-refractivity contribution in [1.29, 1.82) is 5.26 Å². The highest BCUT2D eigenvalue weighted by atomic mass is 19.1. The summed E-state index contributed by atoms with van der Waals surface area (Å²) in [5, 5.41) is 12.9. The molecule has 0 unspecified atom stereocenters. The van der Waals surface area contributed by atoms with Crippen LogP contribution in [0.2, 0.25) is 0 Å². The largest absolute Gasteiger partial charge is 0.343 e. The number of hydrogen-bond donors (Lipinski definition) is 1. The van der Waals surface area contributed by atoms with Gasteiger partial charge < -0.3 is 4.98 Å². The normalized spacial score (nSPS) is 10.8. The molecular formula is C17H11FN6. The fourth-order valence-corrected chi connectivity index (χ4v) is 2.62. The van der Waals surface area contributed by atoms with E-state index in [1.165, 1.54) is 10.7 Å². The number of hydrogen-bond acceptors (Lipinski definition) is 4. The molecule has 3 heterocycles. The van der Waals surface area contributed by atoms with E-state index in [4.69, 9.17) is 5.26 Å². The Bertz CT molecular complexity index is 1070. The number of nitrogens with one attached hydrogen (secondary N) is 1. The highest BCUT2D eigenvalue weighted by molar-refractivity contribution is 5.88. The number of nitrogens with zero attached hydrogens (tertiary/aromatic N) is 5. The zero-order valence-corrected chi connectivity index (χ0v) is 12.4. The smallest absolute Gasteiger partial charge is 0.178 e. The van der Waals surface area contributed by atoms with Gasteiger partial charge in [0.2, 0.25) is 0 Å². The molecule has 3 aromatic heterocycles. The summed E-state index contributed by atoms with van der Waals surface area (Å²) in [6.45, 7) is 0. The molecule has 0 saturated heterocycles. The summed E-state index contributed by atoms with van der Waals surface area (Å²) in [7, 11) is 0. The van der Waals surface area contributed by atoms with Crippen molar-refractivity contribution < 1.29 is 4.39 Å². The van der Waals surface area contributed by atoms with E-state index in [0.717, 1.165) is 16.6 Å². The Morgan fingerprint density at radius 1 is 1.25 bits per heavy atom. The van der Waals surface area contributed by atoms with Gasteiger partial charge in [-0.05, 0) is 23.8 Å². The Labute approximate surface area is 136 Å². The number of nitriles is 1.